The van der Waals surface area contributed by atoms with E-state index >= 15 is 0 Å². The highest BCUT2D eigenvalue weighted by Crippen LogP contribution is 2.24. The number of benzene rings is 2. The van der Waals surface area contributed by atoms with Crippen LogP contribution in [-0.4, -0.2) is 42.0 Å². The van der Waals surface area contributed by atoms with E-state index in [1.54, 1.807) is 29.2 Å². The van der Waals surface area contributed by atoms with Crippen molar-refractivity contribution in [2.24, 2.45) is 0 Å². The van der Waals surface area contributed by atoms with Crippen LogP contribution in [0.15, 0.2) is 42.5 Å². The Kier molecular flexibility index (Phi) is 5.48. The van der Waals surface area contributed by atoms with E-state index in [0.29, 0.717) is 31.0 Å². The molecule has 142 valence electrons. The van der Waals surface area contributed by atoms with E-state index in [1.165, 1.54) is 18.2 Å². The molecule has 0 radical (unpaired) electrons. The maximum absolute atomic E-state index is 13.9. The molecule has 2 aromatic rings. The minimum Gasteiger partial charge on any atom is -0.377 e. The average Bonchev–Trinajstić information content (AvgIpc) is 2.61. The maximum Gasteiger partial charge on any atom is 0.260 e. The van der Waals surface area contributed by atoms with E-state index in [0.717, 1.165) is 0 Å². The van der Waals surface area contributed by atoms with Gasteiger partial charge in [-0.25, -0.2) is 4.39 Å². The van der Waals surface area contributed by atoms with Crippen LogP contribution in [0.1, 0.15) is 34.6 Å². The molecule has 0 atom stereocenters. The van der Waals surface area contributed by atoms with Crippen molar-refractivity contribution in [2.45, 2.75) is 19.4 Å². The van der Waals surface area contributed by atoms with Gasteiger partial charge in [-0.15, -0.1) is 0 Å². The molecule has 0 bridgehead atoms. The Balaban J connectivity index is 1.81. The molecule has 3 rings (SSSR count). The third kappa shape index (κ3) is 4.12. The number of halogens is 2. The van der Waals surface area contributed by atoms with E-state index in [9.17, 15) is 14.0 Å². The average molecular weight is 391 g/mol. The van der Waals surface area contributed by atoms with E-state index in [2.05, 4.69) is 5.32 Å². The topological polar surface area (TPSA) is 58.6 Å². The fraction of sp³-hybridized carbons (Fsp3) is 0.300. The minimum atomic E-state index is -0.706. The van der Waals surface area contributed by atoms with E-state index in [4.69, 9.17) is 16.3 Å². The smallest absolute Gasteiger partial charge is 0.260 e. The summed E-state index contributed by atoms with van der Waals surface area (Å²) in [6, 6.07) is 10.6. The number of carbonyl (C=O) groups is 2. The molecule has 0 aromatic heterocycles. The number of nitrogens with zero attached hydrogens (tertiary/aromatic N) is 1. The molecular weight excluding hydrogens is 371 g/mol. The summed E-state index contributed by atoms with van der Waals surface area (Å²) in [5.41, 5.74) is 0.166. The van der Waals surface area contributed by atoms with Crippen LogP contribution in [0, 0.1) is 5.82 Å². The zero-order chi connectivity index (χ0) is 19.6. The number of amides is 2. The van der Waals surface area contributed by atoms with Crippen molar-refractivity contribution in [1.82, 2.24) is 4.90 Å². The molecule has 2 aromatic carbocycles. The highest BCUT2D eigenvalue weighted by molar-refractivity contribution is 6.34. The summed E-state index contributed by atoms with van der Waals surface area (Å²) in [6.45, 7) is 5.32. The lowest BCUT2D eigenvalue weighted by atomic mass is 10.0. The van der Waals surface area contributed by atoms with Crippen LogP contribution in [-0.2, 0) is 4.74 Å². The number of hydrogen-bond acceptors (Lipinski definition) is 3. The molecule has 1 fully saturated rings. The van der Waals surface area contributed by atoms with Crippen LogP contribution >= 0.6 is 11.6 Å². The van der Waals surface area contributed by atoms with Gasteiger partial charge in [-0.2, -0.15) is 0 Å². The summed E-state index contributed by atoms with van der Waals surface area (Å²) in [4.78, 5) is 27.1. The van der Waals surface area contributed by atoms with Crippen LogP contribution in [0.25, 0.3) is 0 Å². The van der Waals surface area contributed by atoms with Gasteiger partial charge in [0.05, 0.1) is 29.3 Å². The number of nitrogens with one attached hydrogen (secondary N) is 1. The van der Waals surface area contributed by atoms with Gasteiger partial charge in [-0.1, -0.05) is 23.7 Å². The van der Waals surface area contributed by atoms with Crippen LogP contribution < -0.4 is 5.32 Å². The quantitative estimate of drug-likeness (QED) is 0.862. The van der Waals surface area contributed by atoms with Crippen LogP contribution in [0.5, 0.6) is 0 Å². The molecule has 1 heterocycles. The highest BCUT2D eigenvalue weighted by atomic mass is 35.5. The molecule has 1 aliphatic rings. The number of rotatable bonds is 3. The molecule has 1 aliphatic heterocycles. The van der Waals surface area contributed by atoms with Gasteiger partial charge >= 0.3 is 0 Å². The van der Waals surface area contributed by atoms with Gasteiger partial charge in [0, 0.05) is 17.8 Å². The van der Waals surface area contributed by atoms with E-state index < -0.39 is 17.3 Å². The first-order valence-corrected chi connectivity index (χ1v) is 8.92. The van der Waals surface area contributed by atoms with Crippen LogP contribution in [0.2, 0.25) is 5.02 Å². The first-order chi connectivity index (χ1) is 12.8. The van der Waals surface area contributed by atoms with Gasteiger partial charge in [0.1, 0.15) is 5.82 Å². The zero-order valence-corrected chi connectivity index (χ0v) is 15.8. The Bertz CT molecular complexity index is 865. The normalized spacial score (nSPS) is 16.1. The molecule has 2 amide bonds. The summed E-state index contributed by atoms with van der Waals surface area (Å²) in [5.74, 6) is -1.53. The largest absolute Gasteiger partial charge is 0.377 e. The summed E-state index contributed by atoms with van der Waals surface area (Å²) in [7, 11) is 0. The molecule has 1 N–H and O–H groups in total. The first kappa shape index (κ1) is 19.3. The Morgan fingerprint density at radius 2 is 1.96 bits per heavy atom. The van der Waals surface area contributed by atoms with Gasteiger partial charge in [-0.3, -0.25) is 9.59 Å². The first-order valence-electron chi connectivity index (χ1n) is 8.55. The molecule has 7 heteroatoms. The van der Waals surface area contributed by atoms with Gasteiger partial charge in [0.25, 0.3) is 11.8 Å². The second-order valence-electron chi connectivity index (χ2n) is 6.95. The summed E-state index contributed by atoms with van der Waals surface area (Å²) < 4.78 is 19.4. The Morgan fingerprint density at radius 3 is 2.67 bits per heavy atom. The Morgan fingerprint density at radius 1 is 1.22 bits per heavy atom. The molecule has 1 saturated heterocycles. The Hall–Kier alpha value is -2.44. The molecule has 27 heavy (non-hydrogen) atoms. The third-order valence-corrected chi connectivity index (χ3v) is 4.76. The number of carbonyl (C=O) groups excluding carboxylic acids is 2. The fourth-order valence-corrected chi connectivity index (χ4v) is 3.28. The van der Waals surface area contributed by atoms with Crippen molar-refractivity contribution in [3.8, 4) is 0 Å². The molecule has 0 aliphatic carbocycles. The minimum absolute atomic E-state index is 0.0230. The predicted octanol–water partition coefficient (Wildman–Crippen LogP) is 3.98. The van der Waals surface area contributed by atoms with Crippen LogP contribution in [0.4, 0.5) is 10.1 Å². The lowest BCUT2D eigenvalue weighted by Gasteiger charge is -2.42. The standard InChI is InChI=1S/C20H20ClFN2O3/c1-20(2)12-27-10-9-24(20)19(26)13-5-3-6-14(11-13)23-18(25)17-15(21)7-4-8-16(17)22/h3-8,11H,9-10,12H2,1-2H3,(H,23,25). The lowest BCUT2D eigenvalue weighted by molar-refractivity contribution is -0.0370. The van der Waals surface area contributed by atoms with Crippen molar-refractivity contribution in [3.05, 3.63) is 64.4 Å². The van der Waals surface area contributed by atoms with Gasteiger partial charge in [0.2, 0.25) is 0 Å². The molecule has 5 nitrogen and oxygen atoms in total. The molecular formula is C20H20ClFN2O3. The van der Waals surface area contributed by atoms with Crippen LogP contribution in [0.3, 0.4) is 0 Å². The summed E-state index contributed by atoms with van der Waals surface area (Å²) in [6.07, 6.45) is 0. The van der Waals surface area contributed by atoms with Crippen molar-refractivity contribution in [3.63, 3.8) is 0 Å². The van der Waals surface area contributed by atoms with Crippen molar-refractivity contribution < 1.29 is 18.7 Å². The fourth-order valence-electron chi connectivity index (χ4n) is 3.03. The Labute approximate surface area is 162 Å². The van der Waals surface area contributed by atoms with E-state index in [1.807, 2.05) is 13.8 Å². The van der Waals surface area contributed by atoms with Crippen molar-refractivity contribution >= 4 is 29.1 Å². The molecule has 0 spiro atoms. The molecule has 0 unspecified atom stereocenters. The number of anilines is 1. The second kappa shape index (κ2) is 7.66. The summed E-state index contributed by atoms with van der Waals surface area (Å²) >= 11 is 5.93. The second-order valence-corrected chi connectivity index (χ2v) is 7.36. The maximum atomic E-state index is 13.9. The lowest BCUT2D eigenvalue weighted by Crippen LogP contribution is -2.55. The number of morpholine rings is 1. The van der Waals surface area contributed by atoms with Crippen molar-refractivity contribution in [1.29, 1.82) is 0 Å². The van der Waals surface area contributed by atoms with Crippen molar-refractivity contribution in [2.75, 3.05) is 25.1 Å². The number of ether oxygens (including phenoxy) is 1. The van der Waals surface area contributed by atoms with Gasteiger partial charge < -0.3 is 15.0 Å². The predicted molar refractivity (Wildman–Crippen MR) is 102 cm³/mol. The number of hydrogen-bond donors (Lipinski definition) is 1. The summed E-state index contributed by atoms with van der Waals surface area (Å²) in [5, 5.41) is 2.62. The third-order valence-electron chi connectivity index (χ3n) is 4.45. The zero-order valence-electron chi connectivity index (χ0n) is 15.1. The SMILES string of the molecule is CC1(C)COCCN1C(=O)c1cccc(NC(=O)c2c(F)cccc2Cl)c1. The van der Waals surface area contributed by atoms with Gasteiger partial charge in [-0.05, 0) is 44.2 Å². The molecule has 0 saturated carbocycles. The monoisotopic (exact) mass is 390 g/mol. The van der Waals surface area contributed by atoms with Gasteiger partial charge in [0.15, 0.2) is 0 Å². The highest BCUT2D eigenvalue weighted by Gasteiger charge is 2.34. The van der Waals surface area contributed by atoms with E-state index in [-0.39, 0.29) is 16.5 Å².